The minimum Gasteiger partial charge on any atom is -0.471 e. The normalized spacial score (nSPS) is 18.8. The Morgan fingerprint density at radius 2 is 2.00 bits per heavy atom. The van der Waals surface area contributed by atoms with E-state index < -0.39 is 0 Å². The molecule has 2 aliphatic rings. The number of hydrogen-bond donors (Lipinski definition) is 0. The number of para-hydroxylation sites is 1. The molecule has 0 amide bonds. The fraction of sp³-hybridized carbons (Fsp3) is 0.125. The van der Waals surface area contributed by atoms with Crippen LogP contribution < -0.4 is 4.74 Å². The van der Waals surface area contributed by atoms with Crippen molar-refractivity contribution < 1.29 is 9.15 Å². The zero-order chi connectivity index (χ0) is 11.7. The standard InChI is InChI=1S/C16H10O2/c1-2-4-14-10(3-1)11-6-12-13-8-17-7-9(13)5-15(18-14)16(11)12/h1-5,7-8,11H,6H2. The lowest BCUT2D eigenvalue weighted by molar-refractivity contribution is 0.431. The van der Waals surface area contributed by atoms with Crippen molar-refractivity contribution in [2.24, 2.45) is 0 Å². The van der Waals surface area contributed by atoms with Crippen molar-refractivity contribution in [3.05, 3.63) is 59.5 Å². The maximum absolute atomic E-state index is 6.02. The van der Waals surface area contributed by atoms with Gasteiger partial charge in [-0.2, -0.15) is 0 Å². The Hall–Kier alpha value is -2.22. The van der Waals surface area contributed by atoms with Crippen molar-refractivity contribution in [1.29, 1.82) is 0 Å². The molecule has 86 valence electrons. The molecular weight excluding hydrogens is 224 g/mol. The van der Waals surface area contributed by atoms with Gasteiger partial charge in [-0.05, 0) is 24.1 Å². The quantitative estimate of drug-likeness (QED) is 0.581. The summed E-state index contributed by atoms with van der Waals surface area (Å²) in [7, 11) is 0. The minimum absolute atomic E-state index is 0.513. The second-order valence-corrected chi connectivity index (χ2v) is 5.04. The van der Waals surface area contributed by atoms with E-state index >= 15 is 0 Å². The molecule has 3 aromatic rings. The van der Waals surface area contributed by atoms with Gasteiger partial charge in [0.05, 0.1) is 12.5 Å². The van der Waals surface area contributed by atoms with Gasteiger partial charge in [0.1, 0.15) is 11.5 Å². The molecule has 0 spiro atoms. The third-order valence-electron chi connectivity index (χ3n) is 4.17. The third-order valence-corrected chi connectivity index (χ3v) is 4.17. The fourth-order valence-electron chi connectivity index (χ4n) is 3.28. The summed E-state index contributed by atoms with van der Waals surface area (Å²) in [5, 5.41) is 2.38. The molecule has 1 atom stereocenters. The summed E-state index contributed by atoms with van der Waals surface area (Å²) in [6, 6.07) is 10.4. The number of benzene rings is 2. The molecular formula is C16H10O2. The van der Waals surface area contributed by atoms with Gasteiger partial charge in [-0.3, -0.25) is 0 Å². The van der Waals surface area contributed by atoms with E-state index in [4.69, 9.17) is 9.15 Å². The molecule has 2 heterocycles. The van der Waals surface area contributed by atoms with Crippen LogP contribution in [0.2, 0.25) is 0 Å². The molecule has 0 saturated heterocycles. The second-order valence-electron chi connectivity index (χ2n) is 5.04. The highest BCUT2D eigenvalue weighted by molar-refractivity contribution is 5.91. The van der Waals surface area contributed by atoms with Crippen LogP contribution in [0.4, 0.5) is 0 Å². The van der Waals surface area contributed by atoms with Crippen LogP contribution in [0.1, 0.15) is 22.6 Å². The number of rotatable bonds is 0. The summed E-state index contributed by atoms with van der Waals surface area (Å²) in [4.78, 5) is 0. The maximum Gasteiger partial charge on any atom is 0.132 e. The SMILES string of the molecule is c1ccc2c(c1)Oc1cc3cocc3c3c1C2C3. The summed E-state index contributed by atoms with van der Waals surface area (Å²) >= 11 is 0. The molecule has 0 bridgehead atoms. The molecule has 1 aliphatic heterocycles. The van der Waals surface area contributed by atoms with Crippen molar-refractivity contribution in [2.45, 2.75) is 12.3 Å². The van der Waals surface area contributed by atoms with Crippen molar-refractivity contribution in [3.63, 3.8) is 0 Å². The van der Waals surface area contributed by atoms with E-state index in [1.807, 2.05) is 12.3 Å². The molecule has 2 heteroatoms. The van der Waals surface area contributed by atoms with Gasteiger partial charge < -0.3 is 9.15 Å². The molecule has 1 aliphatic carbocycles. The Morgan fingerprint density at radius 1 is 1.06 bits per heavy atom. The lowest BCUT2D eigenvalue weighted by Crippen LogP contribution is -2.23. The molecule has 0 saturated carbocycles. The Morgan fingerprint density at radius 3 is 3.00 bits per heavy atom. The molecule has 0 N–H and O–H groups in total. The fourth-order valence-corrected chi connectivity index (χ4v) is 3.28. The van der Waals surface area contributed by atoms with E-state index in [0.29, 0.717) is 5.92 Å². The van der Waals surface area contributed by atoms with Gasteiger partial charge in [0.15, 0.2) is 0 Å². The lowest BCUT2D eigenvalue weighted by atomic mass is 9.70. The lowest BCUT2D eigenvalue weighted by Gasteiger charge is -2.37. The molecule has 2 nitrogen and oxygen atoms in total. The molecule has 0 radical (unpaired) electrons. The summed E-state index contributed by atoms with van der Waals surface area (Å²) in [6.45, 7) is 0. The highest BCUT2D eigenvalue weighted by atomic mass is 16.5. The van der Waals surface area contributed by atoms with Crippen LogP contribution in [0.5, 0.6) is 11.5 Å². The van der Waals surface area contributed by atoms with E-state index in [1.54, 1.807) is 6.26 Å². The predicted molar refractivity (Wildman–Crippen MR) is 68.3 cm³/mol. The Balaban J connectivity index is 1.86. The number of ether oxygens (including phenoxy) is 1. The number of fused-ring (bicyclic) bond motifs is 4. The maximum atomic E-state index is 6.02. The smallest absolute Gasteiger partial charge is 0.132 e. The van der Waals surface area contributed by atoms with E-state index in [1.165, 1.54) is 22.1 Å². The first-order valence-corrected chi connectivity index (χ1v) is 6.20. The minimum atomic E-state index is 0.513. The molecule has 0 fully saturated rings. The first-order chi connectivity index (χ1) is 8.92. The average molecular weight is 234 g/mol. The van der Waals surface area contributed by atoms with Crippen LogP contribution in [-0.4, -0.2) is 0 Å². The van der Waals surface area contributed by atoms with Gasteiger partial charge in [-0.1, -0.05) is 18.2 Å². The van der Waals surface area contributed by atoms with Crippen LogP contribution >= 0.6 is 0 Å². The van der Waals surface area contributed by atoms with E-state index in [0.717, 1.165) is 23.3 Å². The van der Waals surface area contributed by atoms with Crippen LogP contribution in [0.15, 0.2) is 47.3 Å². The van der Waals surface area contributed by atoms with Gasteiger partial charge in [0.25, 0.3) is 0 Å². The van der Waals surface area contributed by atoms with Crippen LogP contribution in [0, 0.1) is 0 Å². The average Bonchev–Trinajstić information content (AvgIpc) is 2.79. The second kappa shape index (κ2) is 2.78. The Kier molecular flexibility index (Phi) is 1.36. The van der Waals surface area contributed by atoms with E-state index in [-0.39, 0.29) is 0 Å². The Bertz CT molecular complexity index is 798. The van der Waals surface area contributed by atoms with E-state index in [2.05, 4.69) is 24.3 Å². The summed E-state index contributed by atoms with van der Waals surface area (Å²) in [6.07, 6.45) is 4.74. The zero-order valence-corrected chi connectivity index (χ0v) is 9.64. The largest absolute Gasteiger partial charge is 0.471 e. The van der Waals surface area contributed by atoms with Crippen LogP contribution in [0.25, 0.3) is 10.8 Å². The van der Waals surface area contributed by atoms with Gasteiger partial charge in [0.2, 0.25) is 0 Å². The van der Waals surface area contributed by atoms with Crippen molar-refractivity contribution >= 4 is 10.8 Å². The number of hydrogen-bond acceptors (Lipinski definition) is 2. The topological polar surface area (TPSA) is 22.4 Å². The van der Waals surface area contributed by atoms with Crippen LogP contribution in [-0.2, 0) is 6.42 Å². The van der Waals surface area contributed by atoms with Gasteiger partial charge in [0, 0.05) is 27.8 Å². The molecule has 2 aromatic carbocycles. The summed E-state index contributed by atoms with van der Waals surface area (Å²) < 4.78 is 11.3. The molecule has 5 rings (SSSR count). The first kappa shape index (κ1) is 8.81. The van der Waals surface area contributed by atoms with E-state index in [9.17, 15) is 0 Å². The molecule has 1 aromatic heterocycles. The number of furan rings is 1. The molecule has 1 unspecified atom stereocenters. The van der Waals surface area contributed by atoms with Gasteiger partial charge in [-0.15, -0.1) is 0 Å². The third kappa shape index (κ3) is 0.873. The zero-order valence-electron chi connectivity index (χ0n) is 9.64. The highest BCUT2D eigenvalue weighted by Crippen LogP contribution is 2.55. The van der Waals surface area contributed by atoms with Crippen LogP contribution in [0.3, 0.4) is 0 Å². The summed E-state index contributed by atoms with van der Waals surface area (Å²) in [5.41, 5.74) is 4.08. The van der Waals surface area contributed by atoms with Crippen molar-refractivity contribution in [3.8, 4) is 11.5 Å². The highest BCUT2D eigenvalue weighted by Gasteiger charge is 2.38. The molecule has 18 heavy (non-hydrogen) atoms. The monoisotopic (exact) mass is 234 g/mol. The van der Waals surface area contributed by atoms with Crippen molar-refractivity contribution in [1.82, 2.24) is 0 Å². The summed E-state index contributed by atoms with van der Waals surface area (Å²) in [5.74, 6) is 2.52. The predicted octanol–water partition coefficient (Wildman–Crippen LogP) is 4.23. The van der Waals surface area contributed by atoms with Gasteiger partial charge in [-0.25, -0.2) is 0 Å². The van der Waals surface area contributed by atoms with Crippen molar-refractivity contribution in [2.75, 3.05) is 0 Å². The van der Waals surface area contributed by atoms with Gasteiger partial charge >= 0.3 is 0 Å². The Labute approximate surface area is 104 Å². The first-order valence-electron chi connectivity index (χ1n) is 6.20.